The Kier molecular flexibility index (Phi) is 6.01. The lowest BCUT2D eigenvalue weighted by molar-refractivity contribution is 0.103. The van der Waals surface area contributed by atoms with Crippen molar-refractivity contribution in [2.75, 3.05) is 10.0 Å². The molecule has 1 amide bonds. The second-order valence-electron chi connectivity index (χ2n) is 6.48. The molecule has 4 aromatic rings. The van der Waals surface area contributed by atoms with E-state index in [4.69, 9.17) is 4.74 Å². The number of thiophene rings is 1. The van der Waals surface area contributed by atoms with Crippen LogP contribution in [0.5, 0.6) is 11.5 Å². The molecule has 2 N–H and O–H groups in total. The van der Waals surface area contributed by atoms with Crippen LogP contribution in [-0.4, -0.2) is 14.3 Å². The van der Waals surface area contributed by atoms with Crippen molar-refractivity contribution in [1.82, 2.24) is 0 Å². The molecule has 6 nitrogen and oxygen atoms in total. The molecule has 0 spiro atoms. The number of hydrogen-bond acceptors (Lipinski definition) is 5. The molecule has 1 heterocycles. The van der Waals surface area contributed by atoms with Gasteiger partial charge in [-0.15, -0.1) is 11.3 Å². The summed E-state index contributed by atoms with van der Waals surface area (Å²) in [4.78, 5) is 13.1. The summed E-state index contributed by atoms with van der Waals surface area (Å²) in [6, 6.07) is 25.9. The molecule has 0 bridgehead atoms. The van der Waals surface area contributed by atoms with Crippen LogP contribution >= 0.6 is 11.3 Å². The van der Waals surface area contributed by atoms with E-state index in [0.29, 0.717) is 17.2 Å². The number of nitrogens with one attached hydrogen (secondary N) is 2. The Morgan fingerprint density at radius 3 is 2.06 bits per heavy atom. The zero-order chi connectivity index (χ0) is 21.7. The topological polar surface area (TPSA) is 84.5 Å². The number of amides is 1. The first-order valence-electron chi connectivity index (χ1n) is 9.31. The van der Waals surface area contributed by atoms with Gasteiger partial charge in [-0.2, -0.15) is 0 Å². The predicted octanol–water partition coefficient (Wildman–Crippen LogP) is 5.59. The second-order valence-corrected chi connectivity index (χ2v) is 9.07. The van der Waals surface area contributed by atoms with Gasteiger partial charge in [-0.25, -0.2) is 8.42 Å². The number of anilines is 2. The fourth-order valence-corrected chi connectivity index (χ4v) is 4.69. The van der Waals surface area contributed by atoms with Crippen LogP contribution in [0.4, 0.5) is 11.4 Å². The molecule has 156 valence electrons. The van der Waals surface area contributed by atoms with Gasteiger partial charge < -0.3 is 10.1 Å². The van der Waals surface area contributed by atoms with E-state index in [2.05, 4.69) is 10.0 Å². The first-order chi connectivity index (χ1) is 15.0. The van der Waals surface area contributed by atoms with E-state index in [1.54, 1.807) is 53.9 Å². The highest BCUT2D eigenvalue weighted by atomic mass is 32.2. The Balaban J connectivity index is 1.45. The molecular weight excluding hydrogens is 432 g/mol. The molecule has 0 aliphatic rings. The number of benzene rings is 3. The molecule has 31 heavy (non-hydrogen) atoms. The molecule has 8 heteroatoms. The van der Waals surface area contributed by atoms with Crippen molar-refractivity contribution in [2.45, 2.75) is 4.90 Å². The van der Waals surface area contributed by atoms with Crippen molar-refractivity contribution in [3.8, 4) is 11.5 Å². The van der Waals surface area contributed by atoms with Gasteiger partial charge in [-0.05, 0) is 60.0 Å². The highest BCUT2D eigenvalue weighted by Crippen LogP contribution is 2.27. The quantitative estimate of drug-likeness (QED) is 0.384. The van der Waals surface area contributed by atoms with E-state index in [1.165, 1.54) is 12.1 Å². The first kappa shape index (κ1) is 20.6. The summed E-state index contributed by atoms with van der Waals surface area (Å²) in [5.41, 5.74) is 0.797. The van der Waals surface area contributed by atoms with Gasteiger partial charge in [0.05, 0.1) is 10.6 Å². The molecule has 1 aromatic heterocycles. The van der Waals surface area contributed by atoms with Crippen LogP contribution in [0.2, 0.25) is 0 Å². The average Bonchev–Trinajstić information content (AvgIpc) is 3.24. The molecule has 0 aliphatic heterocycles. The van der Waals surface area contributed by atoms with Crippen molar-refractivity contribution in [3.63, 3.8) is 0 Å². The third kappa shape index (κ3) is 5.11. The van der Waals surface area contributed by atoms with Gasteiger partial charge in [0, 0.05) is 5.69 Å². The minimum Gasteiger partial charge on any atom is -0.457 e. The standard InChI is InChI=1S/C23H18N2O4S2/c26-23(24-17-11-13-19(14-12-17)29-18-7-3-1-4-8-18)22-21(15-16-30-22)25-31(27,28)20-9-5-2-6-10-20/h1-16,25H,(H,24,26). The van der Waals surface area contributed by atoms with E-state index in [9.17, 15) is 13.2 Å². The maximum Gasteiger partial charge on any atom is 0.267 e. The van der Waals surface area contributed by atoms with Crippen molar-refractivity contribution >= 4 is 38.6 Å². The van der Waals surface area contributed by atoms with E-state index >= 15 is 0 Å². The largest absolute Gasteiger partial charge is 0.457 e. The lowest BCUT2D eigenvalue weighted by Gasteiger charge is -2.10. The van der Waals surface area contributed by atoms with E-state index < -0.39 is 15.9 Å². The highest BCUT2D eigenvalue weighted by Gasteiger charge is 2.20. The van der Waals surface area contributed by atoms with E-state index in [1.807, 2.05) is 30.3 Å². The van der Waals surface area contributed by atoms with Crippen LogP contribution in [0.15, 0.2) is 101 Å². The summed E-state index contributed by atoms with van der Waals surface area (Å²) < 4.78 is 33.4. The van der Waals surface area contributed by atoms with Gasteiger partial charge in [0.25, 0.3) is 15.9 Å². The smallest absolute Gasteiger partial charge is 0.267 e. The Labute approximate surface area is 184 Å². The van der Waals surface area contributed by atoms with Crippen molar-refractivity contribution in [1.29, 1.82) is 0 Å². The van der Waals surface area contributed by atoms with Crippen LogP contribution in [0.25, 0.3) is 0 Å². The summed E-state index contributed by atoms with van der Waals surface area (Å²) >= 11 is 1.15. The van der Waals surface area contributed by atoms with Crippen molar-refractivity contribution < 1.29 is 17.9 Å². The normalized spacial score (nSPS) is 11.0. The Bertz CT molecular complexity index is 1270. The molecule has 4 rings (SSSR count). The van der Waals surface area contributed by atoms with Crippen LogP contribution in [-0.2, 0) is 10.0 Å². The SMILES string of the molecule is O=C(Nc1ccc(Oc2ccccc2)cc1)c1sccc1NS(=O)(=O)c1ccccc1. The third-order valence-corrected chi connectivity index (χ3v) is 6.55. The number of carbonyl (C=O) groups is 1. The number of carbonyl (C=O) groups excluding carboxylic acids is 1. The van der Waals surface area contributed by atoms with Crippen LogP contribution in [0.3, 0.4) is 0 Å². The average molecular weight is 451 g/mol. The lowest BCUT2D eigenvalue weighted by Crippen LogP contribution is -2.17. The van der Waals surface area contributed by atoms with E-state index in [-0.39, 0.29) is 15.5 Å². The van der Waals surface area contributed by atoms with Gasteiger partial charge in [-0.3, -0.25) is 9.52 Å². The third-order valence-electron chi connectivity index (χ3n) is 4.26. The monoisotopic (exact) mass is 450 g/mol. The Morgan fingerprint density at radius 2 is 1.39 bits per heavy atom. The zero-order valence-corrected chi connectivity index (χ0v) is 17.8. The Morgan fingerprint density at radius 1 is 0.774 bits per heavy atom. The summed E-state index contributed by atoms with van der Waals surface area (Å²) in [6.07, 6.45) is 0. The number of sulfonamides is 1. The summed E-state index contributed by atoms with van der Waals surface area (Å²) in [6.45, 7) is 0. The maximum absolute atomic E-state index is 12.7. The summed E-state index contributed by atoms with van der Waals surface area (Å²) in [5.74, 6) is 0.947. The number of ether oxygens (including phenoxy) is 1. The molecule has 3 aromatic carbocycles. The van der Waals surface area contributed by atoms with Gasteiger partial charge in [0.15, 0.2) is 0 Å². The fourth-order valence-electron chi connectivity index (χ4n) is 2.79. The van der Waals surface area contributed by atoms with Gasteiger partial charge in [-0.1, -0.05) is 36.4 Å². The van der Waals surface area contributed by atoms with Crippen LogP contribution in [0, 0.1) is 0 Å². The minimum atomic E-state index is -3.79. The van der Waals surface area contributed by atoms with E-state index in [0.717, 1.165) is 11.3 Å². The van der Waals surface area contributed by atoms with Gasteiger partial charge in [0.1, 0.15) is 16.4 Å². The molecule has 0 saturated carbocycles. The molecule has 0 saturated heterocycles. The zero-order valence-electron chi connectivity index (χ0n) is 16.2. The summed E-state index contributed by atoms with van der Waals surface area (Å²) in [5, 5.41) is 4.44. The number of hydrogen-bond donors (Lipinski definition) is 2. The fraction of sp³-hybridized carbons (Fsp3) is 0. The first-order valence-corrected chi connectivity index (χ1v) is 11.7. The van der Waals surface area contributed by atoms with Crippen molar-refractivity contribution in [3.05, 3.63) is 101 Å². The molecule has 0 unspecified atom stereocenters. The molecule has 0 aliphatic carbocycles. The molecule has 0 atom stereocenters. The highest BCUT2D eigenvalue weighted by molar-refractivity contribution is 7.92. The molecule has 0 fully saturated rings. The summed E-state index contributed by atoms with van der Waals surface area (Å²) in [7, 11) is -3.79. The number of rotatable bonds is 7. The van der Waals surface area contributed by atoms with Gasteiger partial charge >= 0.3 is 0 Å². The van der Waals surface area contributed by atoms with Crippen LogP contribution < -0.4 is 14.8 Å². The van der Waals surface area contributed by atoms with Crippen molar-refractivity contribution in [2.24, 2.45) is 0 Å². The molecular formula is C23H18N2O4S2. The Hall–Kier alpha value is -3.62. The molecule has 0 radical (unpaired) electrons. The predicted molar refractivity (Wildman–Crippen MR) is 122 cm³/mol. The minimum absolute atomic E-state index is 0.126. The van der Waals surface area contributed by atoms with Gasteiger partial charge in [0.2, 0.25) is 0 Å². The second kappa shape index (κ2) is 9.03. The maximum atomic E-state index is 12.7. The lowest BCUT2D eigenvalue weighted by atomic mass is 10.3. The van der Waals surface area contributed by atoms with Crippen LogP contribution in [0.1, 0.15) is 9.67 Å². The number of para-hydroxylation sites is 1.